The van der Waals surface area contributed by atoms with Crippen molar-refractivity contribution in [2.45, 2.75) is 32.6 Å². The molecule has 0 spiro atoms. The van der Waals surface area contributed by atoms with Crippen LogP contribution in [-0.2, 0) is 6.42 Å². The number of aromatic nitrogens is 1. The molecule has 1 aliphatic heterocycles. The van der Waals surface area contributed by atoms with Crippen LogP contribution in [0.25, 0.3) is 10.9 Å². The summed E-state index contributed by atoms with van der Waals surface area (Å²) in [5.74, 6) is -0.246. The number of ketones is 1. The summed E-state index contributed by atoms with van der Waals surface area (Å²) in [6.45, 7) is 3.78. The molecule has 0 bridgehead atoms. The lowest BCUT2D eigenvalue weighted by molar-refractivity contribution is 0.0964. The number of aryl methyl sites for hydroxylation is 1. The van der Waals surface area contributed by atoms with Gasteiger partial charge in [-0.3, -0.25) is 9.47 Å². The van der Waals surface area contributed by atoms with Crippen LogP contribution in [0.2, 0.25) is 0 Å². The van der Waals surface area contributed by atoms with Crippen molar-refractivity contribution in [2.75, 3.05) is 18.1 Å². The third-order valence-electron chi connectivity index (χ3n) is 5.51. The molecule has 28 heavy (non-hydrogen) atoms. The van der Waals surface area contributed by atoms with E-state index in [0.717, 1.165) is 43.3 Å². The van der Waals surface area contributed by atoms with Gasteiger partial charge in [-0.25, -0.2) is 8.78 Å². The summed E-state index contributed by atoms with van der Waals surface area (Å²) in [7, 11) is 0. The van der Waals surface area contributed by atoms with E-state index in [9.17, 15) is 13.6 Å². The van der Waals surface area contributed by atoms with Crippen molar-refractivity contribution in [1.82, 2.24) is 4.68 Å². The second kappa shape index (κ2) is 7.74. The highest BCUT2D eigenvalue weighted by Gasteiger charge is 2.27. The minimum absolute atomic E-state index is 0.0556. The van der Waals surface area contributed by atoms with Gasteiger partial charge < -0.3 is 5.01 Å². The molecule has 4 rings (SSSR count). The molecule has 1 aromatic heterocycles. The van der Waals surface area contributed by atoms with Gasteiger partial charge in [-0.15, -0.1) is 0 Å². The lowest BCUT2D eigenvalue weighted by Gasteiger charge is -2.24. The molecule has 0 amide bonds. The van der Waals surface area contributed by atoms with Crippen LogP contribution in [0.1, 0.15) is 42.2 Å². The lowest BCUT2D eigenvalue weighted by atomic mass is 9.98. The molecule has 5 heteroatoms. The Bertz CT molecular complexity index is 994. The van der Waals surface area contributed by atoms with Gasteiger partial charge >= 0.3 is 0 Å². The van der Waals surface area contributed by atoms with Crippen molar-refractivity contribution >= 4 is 16.7 Å². The van der Waals surface area contributed by atoms with Crippen molar-refractivity contribution < 1.29 is 13.6 Å². The summed E-state index contributed by atoms with van der Waals surface area (Å²) in [5.41, 5.74) is 2.75. The minimum Gasteiger partial charge on any atom is -0.312 e. The third kappa shape index (κ3) is 3.66. The van der Waals surface area contributed by atoms with Gasteiger partial charge in [-0.2, -0.15) is 0 Å². The number of rotatable bonds is 6. The smallest absolute Gasteiger partial charge is 0.163 e. The number of carbonyl (C=O) groups excluding carboxylic acids is 1. The third-order valence-corrected chi connectivity index (χ3v) is 5.51. The van der Waals surface area contributed by atoms with Crippen LogP contribution in [0.4, 0.5) is 8.78 Å². The van der Waals surface area contributed by atoms with Gasteiger partial charge in [-0.05, 0) is 67.3 Å². The monoisotopic (exact) mass is 382 g/mol. The number of benzene rings is 2. The van der Waals surface area contributed by atoms with E-state index >= 15 is 0 Å². The van der Waals surface area contributed by atoms with Gasteiger partial charge in [0.1, 0.15) is 11.6 Å². The molecule has 2 aromatic carbocycles. The summed E-state index contributed by atoms with van der Waals surface area (Å²) in [4.78, 5) is 12.5. The molecule has 0 aliphatic carbocycles. The highest BCUT2D eigenvalue weighted by molar-refractivity contribution is 5.96. The van der Waals surface area contributed by atoms with E-state index in [1.54, 1.807) is 18.2 Å². The second-order valence-electron chi connectivity index (χ2n) is 7.60. The highest BCUT2D eigenvalue weighted by atomic mass is 19.1. The van der Waals surface area contributed by atoms with E-state index in [2.05, 4.69) is 22.7 Å². The molecule has 1 aliphatic rings. The van der Waals surface area contributed by atoms with Crippen LogP contribution in [0, 0.1) is 17.6 Å². The van der Waals surface area contributed by atoms with Crippen LogP contribution in [-0.4, -0.2) is 23.5 Å². The van der Waals surface area contributed by atoms with E-state index in [1.165, 1.54) is 23.9 Å². The van der Waals surface area contributed by atoms with Gasteiger partial charge in [0.15, 0.2) is 5.78 Å². The Morgan fingerprint density at radius 3 is 2.57 bits per heavy atom. The molecule has 2 heterocycles. The Hall–Kier alpha value is -2.69. The summed E-state index contributed by atoms with van der Waals surface area (Å²) >= 11 is 0. The van der Waals surface area contributed by atoms with E-state index in [1.807, 2.05) is 6.07 Å². The zero-order valence-corrected chi connectivity index (χ0v) is 16.0. The van der Waals surface area contributed by atoms with Gasteiger partial charge in [-0.1, -0.05) is 13.3 Å². The average Bonchev–Trinajstić information content (AvgIpc) is 3.26. The van der Waals surface area contributed by atoms with E-state index < -0.39 is 0 Å². The van der Waals surface area contributed by atoms with E-state index in [4.69, 9.17) is 0 Å². The maximum Gasteiger partial charge on any atom is 0.163 e. The maximum atomic E-state index is 13.6. The molecule has 146 valence electrons. The van der Waals surface area contributed by atoms with Crippen LogP contribution < -0.4 is 5.01 Å². The van der Waals surface area contributed by atoms with Crippen LogP contribution in [0.15, 0.2) is 48.5 Å². The molecule has 3 aromatic rings. The molecule has 3 nitrogen and oxygen atoms in total. The zero-order chi connectivity index (χ0) is 19.7. The Balaban J connectivity index is 1.53. The largest absolute Gasteiger partial charge is 0.312 e. The van der Waals surface area contributed by atoms with Crippen molar-refractivity contribution in [1.29, 1.82) is 0 Å². The molecule has 0 radical (unpaired) electrons. The molecule has 1 unspecified atom stereocenters. The fourth-order valence-electron chi connectivity index (χ4n) is 4.17. The molecular weight excluding hydrogens is 358 g/mol. The number of halogens is 2. The van der Waals surface area contributed by atoms with Gasteiger partial charge in [0, 0.05) is 36.2 Å². The normalized spacial score (nSPS) is 16.8. The van der Waals surface area contributed by atoms with Crippen LogP contribution >= 0.6 is 0 Å². The number of hydrogen-bond donors (Lipinski definition) is 0. The van der Waals surface area contributed by atoms with Crippen LogP contribution in [0.5, 0.6) is 0 Å². The average molecular weight is 382 g/mol. The molecular formula is C23H24F2N2O. The van der Waals surface area contributed by atoms with Crippen molar-refractivity contribution in [2.24, 2.45) is 5.92 Å². The maximum absolute atomic E-state index is 13.6. The fraction of sp³-hybridized carbons (Fsp3) is 0.348. The second-order valence-corrected chi connectivity index (χ2v) is 7.60. The van der Waals surface area contributed by atoms with Gasteiger partial charge in [0.05, 0.1) is 5.52 Å². The molecule has 0 saturated carbocycles. The standard InChI is InChI=1S/C23H24F2N2O/c1-2-3-21-14-18-13-20(25)8-9-22(18)27(21)26-11-10-16(15-26)12-23(28)17-4-6-19(24)7-5-17/h4-9,13-14,16H,2-3,10-12,15H2,1H3. The highest BCUT2D eigenvalue weighted by Crippen LogP contribution is 2.27. The zero-order valence-electron chi connectivity index (χ0n) is 16.0. The SMILES string of the molecule is CCCc1cc2cc(F)ccc2n1N1CCC(CC(=O)c2ccc(F)cc2)C1. The molecule has 1 atom stereocenters. The molecule has 0 N–H and O–H groups in total. The number of carbonyl (C=O) groups is 1. The number of nitrogens with zero attached hydrogens (tertiary/aromatic N) is 2. The van der Waals surface area contributed by atoms with Crippen molar-refractivity contribution in [3.8, 4) is 0 Å². The first-order valence-electron chi connectivity index (χ1n) is 9.89. The predicted molar refractivity (Wildman–Crippen MR) is 107 cm³/mol. The summed E-state index contributed by atoms with van der Waals surface area (Å²) in [6, 6.07) is 12.7. The first-order chi connectivity index (χ1) is 13.5. The first-order valence-corrected chi connectivity index (χ1v) is 9.89. The lowest BCUT2D eigenvalue weighted by Crippen LogP contribution is -2.33. The summed E-state index contributed by atoms with van der Waals surface area (Å²) < 4.78 is 28.9. The number of hydrogen-bond acceptors (Lipinski definition) is 2. The summed E-state index contributed by atoms with van der Waals surface area (Å²) in [6.07, 6.45) is 3.32. The van der Waals surface area contributed by atoms with Gasteiger partial charge in [0.2, 0.25) is 0 Å². The topological polar surface area (TPSA) is 25.2 Å². The van der Waals surface area contributed by atoms with E-state index in [0.29, 0.717) is 12.0 Å². The fourth-order valence-corrected chi connectivity index (χ4v) is 4.17. The number of Topliss-reactive ketones (excluding diaryl/α,β-unsaturated/α-hetero) is 1. The Morgan fingerprint density at radius 1 is 1.07 bits per heavy atom. The Kier molecular flexibility index (Phi) is 5.16. The molecule has 1 fully saturated rings. The Morgan fingerprint density at radius 2 is 1.82 bits per heavy atom. The number of fused-ring (bicyclic) bond motifs is 1. The predicted octanol–water partition coefficient (Wildman–Crippen LogP) is 5.10. The van der Waals surface area contributed by atoms with Gasteiger partial charge in [0.25, 0.3) is 0 Å². The minimum atomic E-state index is -0.331. The molecule has 1 saturated heterocycles. The van der Waals surface area contributed by atoms with Crippen molar-refractivity contribution in [3.05, 3.63) is 71.4 Å². The summed E-state index contributed by atoms with van der Waals surface area (Å²) in [5, 5.41) is 3.18. The Labute approximate surface area is 163 Å². The first kappa shape index (κ1) is 18.7. The quantitative estimate of drug-likeness (QED) is 0.554. The van der Waals surface area contributed by atoms with Crippen LogP contribution in [0.3, 0.4) is 0 Å². The van der Waals surface area contributed by atoms with E-state index in [-0.39, 0.29) is 23.3 Å². The van der Waals surface area contributed by atoms with Crippen molar-refractivity contribution in [3.63, 3.8) is 0 Å².